The predicted molar refractivity (Wildman–Crippen MR) is 176 cm³/mol. The number of hydrogen-bond donors (Lipinski definition) is 0. The highest BCUT2D eigenvalue weighted by atomic mass is 32.2. The van der Waals surface area contributed by atoms with Crippen molar-refractivity contribution in [1.29, 1.82) is 0 Å². The largest absolute Gasteiger partial charge is 0.227 e. The fourth-order valence-corrected chi connectivity index (χ4v) is 6.83. The third-order valence-corrected chi connectivity index (χ3v) is 9.72. The van der Waals surface area contributed by atoms with Gasteiger partial charge in [0.1, 0.15) is 10.5 Å². The summed E-state index contributed by atoms with van der Waals surface area (Å²) in [7, 11) is -3.78. The molecule has 0 bridgehead atoms. The average molecular weight is 563 g/mol. The molecule has 3 heteroatoms. The molecule has 4 rings (SSSR count). The third kappa shape index (κ3) is 7.74. The van der Waals surface area contributed by atoms with Crippen LogP contribution in [0.25, 0.3) is 12.2 Å². The summed E-state index contributed by atoms with van der Waals surface area (Å²) < 4.78 is 29.5. The molecule has 41 heavy (non-hydrogen) atoms. The highest BCUT2D eigenvalue weighted by Crippen LogP contribution is 2.38. The van der Waals surface area contributed by atoms with Gasteiger partial charge in [-0.25, -0.2) is 8.42 Å². The van der Waals surface area contributed by atoms with Gasteiger partial charge in [0, 0.05) is 0 Å². The topological polar surface area (TPSA) is 34.1 Å². The van der Waals surface area contributed by atoms with Crippen LogP contribution in [-0.4, -0.2) is 8.42 Å². The van der Waals surface area contributed by atoms with Gasteiger partial charge in [-0.05, 0) is 44.2 Å². The lowest BCUT2D eigenvalue weighted by atomic mass is 9.86. The van der Waals surface area contributed by atoms with Crippen molar-refractivity contribution in [1.82, 2.24) is 0 Å². The van der Waals surface area contributed by atoms with Crippen LogP contribution in [0.2, 0.25) is 0 Å². The Labute approximate surface area is 247 Å². The maximum Gasteiger partial charge on any atom is 0.171 e. The molecular weight excluding hydrogens is 520 g/mol. The molecule has 2 unspecified atom stereocenters. The Balaban J connectivity index is 1.85. The molecule has 0 radical (unpaired) electrons. The fourth-order valence-electron chi connectivity index (χ4n) is 4.85. The molecule has 0 saturated heterocycles. The van der Waals surface area contributed by atoms with Gasteiger partial charge in [0.15, 0.2) is 9.84 Å². The molecule has 0 aliphatic rings. The van der Waals surface area contributed by atoms with E-state index < -0.39 is 20.3 Å². The van der Waals surface area contributed by atoms with Crippen LogP contribution in [0.5, 0.6) is 0 Å². The van der Waals surface area contributed by atoms with E-state index in [1.165, 1.54) is 11.1 Å². The van der Waals surface area contributed by atoms with Gasteiger partial charge in [0.05, 0.1) is 0 Å². The highest BCUT2D eigenvalue weighted by Gasteiger charge is 2.34. The van der Waals surface area contributed by atoms with E-state index in [4.69, 9.17) is 0 Å². The molecule has 0 aliphatic carbocycles. The van der Waals surface area contributed by atoms with Crippen LogP contribution < -0.4 is 0 Å². The molecule has 212 valence electrons. The number of rotatable bonds is 8. The predicted octanol–water partition coefficient (Wildman–Crippen LogP) is 9.91. The van der Waals surface area contributed by atoms with Crippen LogP contribution in [0.4, 0.5) is 0 Å². The second-order valence-electron chi connectivity index (χ2n) is 12.7. The lowest BCUT2D eigenvalue weighted by Gasteiger charge is -2.24. The van der Waals surface area contributed by atoms with Gasteiger partial charge in [0.2, 0.25) is 0 Å². The maximum absolute atomic E-state index is 14.7. The van der Waals surface area contributed by atoms with Crippen molar-refractivity contribution in [3.63, 3.8) is 0 Å². The summed E-state index contributed by atoms with van der Waals surface area (Å²) >= 11 is 0. The number of benzene rings is 4. The molecule has 0 aromatic heterocycles. The van der Waals surface area contributed by atoms with Crippen LogP contribution in [0.1, 0.15) is 85.4 Å². The summed E-state index contributed by atoms with van der Waals surface area (Å²) in [6, 6.07) is 35.8. The normalized spacial score (nSPS) is 14.4. The first-order valence-corrected chi connectivity index (χ1v) is 15.9. The van der Waals surface area contributed by atoms with E-state index in [0.29, 0.717) is 0 Å². The molecule has 0 heterocycles. The van der Waals surface area contributed by atoms with Crippen molar-refractivity contribution in [3.8, 4) is 0 Å². The monoisotopic (exact) mass is 562 g/mol. The van der Waals surface area contributed by atoms with Crippen molar-refractivity contribution in [2.45, 2.75) is 62.9 Å². The molecule has 0 saturated carbocycles. The Morgan fingerprint density at radius 3 is 1.10 bits per heavy atom. The first-order valence-electron chi connectivity index (χ1n) is 14.3. The van der Waals surface area contributed by atoms with E-state index in [1.807, 2.05) is 109 Å². The third-order valence-electron chi connectivity index (χ3n) is 7.44. The number of sulfone groups is 1. The van der Waals surface area contributed by atoms with Gasteiger partial charge in [-0.1, -0.05) is 175 Å². The zero-order valence-corrected chi connectivity index (χ0v) is 25.9. The van der Waals surface area contributed by atoms with E-state index in [-0.39, 0.29) is 10.8 Å². The standard InChI is InChI=1S/C38H42O2S/c1-37(2,3)33-23-19-31(20-24-33)35(27-17-29-13-9-7-10-14-29)41(39,40)36(28-18-30-15-11-8-12-16-30)32-21-25-34(26-22-32)38(4,5)6/h7-28,35-36H,1-6H3. The van der Waals surface area contributed by atoms with E-state index in [0.717, 1.165) is 22.3 Å². The van der Waals surface area contributed by atoms with Crippen molar-refractivity contribution in [2.75, 3.05) is 0 Å². The minimum atomic E-state index is -3.78. The molecule has 0 spiro atoms. The average Bonchev–Trinajstić information content (AvgIpc) is 2.94. The van der Waals surface area contributed by atoms with Crippen LogP contribution in [0.15, 0.2) is 121 Å². The Bertz CT molecular complexity index is 1450. The van der Waals surface area contributed by atoms with Crippen molar-refractivity contribution in [3.05, 3.63) is 155 Å². The van der Waals surface area contributed by atoms with E-state index in [9.17, 15) is 8.42 Å². The van der Waals surface area contributed by atoms with Crippen molar-refractivity contribution < 1.29 is 8.42 Å². The molecule has 0 N–H and O–H groups in total. The minimum Gasteiger partial charge on any atom is -0.227 e. The lowest BCUT2D eigenvalue weighted by molar-refractivity contribution is 0.583. The molecule has 0 amide bonds. The zero-order chi connectivity index (χ0) is 29.7. The highest BCUT2D eigenvalue weighted by molar-refractivity contribution is 7.92. The summed E-state index contributed by atoms with van der Waals surface area (Å²) in [6.45, 7) is 13.0. The molecule has 0 aliphatic heterocycles. The van der Waals surface area contributed by atoms with E-state index in [2.05, 4.69) is 65.8 Å². The molecule has 2 nitrogen and oxygen atoms in total. The second kappa shape index (κ2) is 12.4. The summed E-state index contributed by atoms with van der Waals surface area (Å²) in [5.41, 5.74) is 5.73. The Morgan fingerprint density at radius 1 is 0.488 bits per heavy atom. The SMILES string of the molecule is CC(C)(C)c1ccc(C(C=Cc2ccccc2)S(=O)(=O)C(C=Cc2ccccc2)c2ccc(C(C)(C)C)cc2)cc1. The lowest BCUT2D eigenvalue weighted by Crippen LogP contribution is -2.20. The van der Waals surface area contributed by atoms with Crippen LogP contribution in [0, 0.1) is 0 Å². The Kier molecular flexibility index (Phi) is 9.19. The van der Waals surface area contributed by atoms with Gasteiger partial charge < -0.3 is 0 Å². The summed E-state index contributed by atoms with van der Waals surface area (Å²) in [6.07, 6.45) is 7.51. The maximum atomic E-state index is 14.7. The number of hydrogen-bond acceptors (Lipinski definition) is 2. The van der Waals surface area contributed by atoms with Gasteiger partial charge in [-0.2, -0.15) is 0 Å². The summed E-state index contributed by atoms with van der Waals surface area (Å²) in [5, 5.41) is -1.66. The molecule has 2 atom stereocenters. The zero-order valence-electron chi connectivity index (χ0n) is 25.1. The van der Waals surface area contributed by atoms with Gasteiger partial charge >= 0.3 is 0 Å². The van der Waals surface area contributed by atoms with E-state index in [1.54, 1.807) is 0 Å². The minimum absolute atomic E-state index is 0.0253. The van der Waals surface area contributed by atoms with Gasteiger partial charge in [-0.3, -0.25) is 0 Å². The molecule has 4 aromatic rings. The first kappa shape index (κ1) is 30.3. The second-order valence-corrected chi connectivity index (χ2v) is 14.9. The fraction of sp³-hybridized carbons (Fsp3) is 0.263. The molecule has 4 aromatic carbocycles. The van der Waals surface area contributed by atoms with Crippen molar-refractivity contribution in [2.24, 2.45) is 0 Å². The molecular formula is C38H42O2S. The van der Waals surface area contributed by atoms with Crippen LogP contribution in [0.3, 0.4) is 0 Å². The Morgan fingerprint density at radius 2 is 0.805 bits per heavy atom. The summed E-state index contributed by atoms with van der Waals surface area (Å²) in [4.78, 5) is 0. The molecule has 0 fully saturated rings. The van der Waals surface area contributed by atoms with Crippen molar-refractivity contribution >= 4 is 22.0 Å². The van der Waals surface area contributed by atoms with Gasteiger partial charge in [0.25, 0.3) is 0 Å². The van der Waals surface area contributed by atoms with E-state index >= 15 is 0 Å². The van der Waals surface area contributed by atoms with Crippen LogP contribution >= 0.6 is 0 Å². The smallest absolute Gasteiger partial charge is 0.171 e. The quantitative estimate of drug-likeness (QED) is 0.214. The van der Waals surface area contributed by atoms with Crippen LogP contribution in [-0.2, 0) is 20.7 Å². The van der Waals surface area contributed by atoms with Gasteiger partial charge in [-0.15, -0.1) is 0 Å². The Hall–Kier alpha value is -3.69. The first-order chi connectivity index (χ1) is 19.4. The summed E-state index contributed by atoms with van der Waals surface area (Å²) in [5.74, 6) is 0.